The van der Waals surface area contributed by atoms with Crippen molar-refractivity contribution in [1.82, 2.24) is 4.90 Å². The lowest BCUT2D eigenvalue weighted by Crippen LogP contribution is -2.38. The molecule has 18 heavy (non-hydrogen) atoms. The van der Waals surface area contributed by atoms with Crippen LogP contribution in [0.1, 0.15) is 37.3 Å². The van der Waals surface area contributed by atoms with Crippen LogP contribution in [0.5, 0.6) is 0 Å². The van der Waals surface area contributed by atoms with Gasteiger partial charge in [0.2, 0.25) is 0 Å². The van der Waals surface area contributed by atoms with Gasteiger partial charge < -0.3 is 10.6 Å². The van der Waals surface area contributed by atoms with Crippen molar-refractivity contribution in [3.63, 3.8) is 0 Å². The molecule has 1 saturated carbocycles. The summed E-state index contributed by atoms with van der Waals surface area (Å²) in [5.41, 5.74) is 7.27. The van der Waals surface area contributed by atoms with Crippen LogP contribution in [0.3, 0.4) is 0 Å². The van der Waals surface area contributed by atoms with Crippen molar-refractivity contribution in [2.75, 3.05) is 13.6 Å². The van der Waals surface area contributed by atoms with Crippen molar-refractivity contribution in [1.29, 1.82) is 0 Å². The highest BCUT2D eigenvalue weighted by molar-refractivity contribution is 9.10. The molecule has 0 radical (unpaired) electrons. The summed E-state index contributed by atoms with van der Waals surface area (Å²) in [5, 5.41) is 0.753. The Kier molecular flexibility index (Phi) is 5.07. The molecular weight excluding hydrogens is 312 g/mol. The Labute approximate surface area is 123 Å². The molecule has 2 rings (SSSR count). The van der Waals surface area contributed by atoms with Gasteiger partial charge >= 0.3 is 0 Å². The highest BCUT2D eigenvalue weighted by Gasteiger charge is 2.22. The van der Waals surface area contributed by atoms with Crippen LogP contribution < -0.4 is 5.73 Å². The topological polar surface area (TPSA) is 29.3 Å². The van der Waals surface area contributed by atoms with E-state index in [9.17, 15) is 0 Å². The van der Waals surface area contributed by atoms with Gasteiger partial charge in [0.25, 0.3) is 0 Å². The van der Waals surface area contributed by atoms with E-state index in [1.54, 1.807) is 0 Å². The lowest BCUT2D eigenvalue weighted by Gasteiger charge is -2.35. The largest absolute Gasteiger partial charge is 0.324 e. The standard InChI is InChI=1S/C14H20BrClN2/c1-18(11-3-2-4-11)8-7-14(17)12-6-5-10(15)9-13(12)16/h5-6,9,11,14H,2-4,7-8,17H2,1H3. The molecule has 0 spiro atoms. The predicted octanol–water partition coefficient (Wildman–Crippen LogP) is 3.98. The fourth-order valence-electron chi connectivity index (χ4n) is 2.31. The molecule has 1 unspecified atom stereocenters. The van der Waals surface area contributed by atoms with Crippen molar-refractivity contribution in [3.05, 3.63) is 33.3 Å². The second kappa shape index (κ2) is 6.38. The van der Waals surface area contributed by atoms with E-state index in [2.05, 4.69) is 27.9 Å². The minimum atomic E-state index is 0.0214. The highest BCUT2D eigenvalue weighted by atomic mass is 79.9. The minimum Gasteiger partial charge on any atom is -0.324 e. The average molecular weight is 332 g/mol. The van der Waals surface area contributed by atoms with E-state index in [0.29, 0.717) is 0 Å². The summed E-state index contributed by atoms with van der Waals surface area (Å²) in [4.78, 5) is 2.43. The average Bonchev–Trinajstić information content (AvgIpc) is 2.23. The Morgan fingerprint density at radius 3 is 2.78 bits per heavy atom. The second-order valence-electron chi connectivity index (χ2n) is 5.13. The van der Waals surface area contributed by atoms with Gasteiger partial charge in [-0.1, -0.05) is 40.0 Å². The van der Waals surface area contributed by atoms with Crippen LogP contribution in [0, 0.1) is 0 Å². The molecule has 0 heterocycles. The van der Waals surface area contributed by atoms with Gasteiger partial charge in [0.1, 0.15) is 0 Å². The molecule has 0 saturated heterocycles. The Hall–Kier alpha value is -0.0900. The molecule has 1 aromatic rings. The number of hydrogen-bond acceptors (Lipinski definition) is 2. The van der Waals surface area contributed by atoms with Crippen LogP contribution in [-0.4, -0.2) is 24.5 Å². The number of rotatable bonds is 5. The Morgan fingerprint density at radius 1 is 1.50 bits per heavy atom. The van der Waals surface area contributed by atoms with Crippen molar-refractivity contribution in [2.24, 2.45) is 5.73 Å². The van der Waals surface area contributed by atoms with Crippen molar-refractivity contribution >= 4 is 27.5 Å². The first-order valence-electron chi connectivity index (χ1n) is 6.48. The van der Waals surface area contributed by atoms with Crippen LogP contribution in [0.15, 0.2) is 22.7 Å². The van der Waals surface area contributed by atoms with E-state index in [0.717, 1.165) is 34.1 Å². The molecule has 4 heteroatoms. The normalized spacial score (nSPS) is 17.8. The molecular formula is C14H20BrClN2. The maximum Gasteiger partial charge on any atom is 0.0464 e. The summed E-state index contributed by atoms with van der Waals surface area (Å²) < 4.78 is 0.995. The first-order valence-corrected chi connectivity index (χ1v) is 7.66. The van der Waals surface area contributed by atoms with Gasteiger partial charge in [-0.05, 0) is 50.6 Å². The molecule has 1 atom stereocenters. The summed E-state index contributed by atoms with van der Waals surface area (Å²) in [7, 11) is 2.19. The minimum absolute atomic E-state index is 0.0214. The summed E-state index contributed by atoms with van der Waals surface area (Å²) in [6.45, 7) is 1.04. The SMILES string of the molecule is CN(CCC(N)c1ccc(Br)cc1Cl)C1CCC1. The molecule has 0 aromatic heterocycles. The molecule has 0 aliphatic heterocycles. The fourth-order valence-corrected chi connectivity index (χ4v) is 3.12. The molecule has 1 aliphatic carbocycles. The molecule has 1 aliphatic rings. The third-order valence-corrected chi connectivity index (χ3v) is 4.67. The maximum absolute atomic E-state index is 6.23. The molecule has 1 fully saturated rings. The molecule has 1 aromatic carbocycles. The van der Waals surface area contributed by atoms with Crippen LogP contribution in [0.4, 0.5) is 0 Å². The zero-order valence-corrected chi connectivity index (χ0v) is 13.0. The summed E-state index contributed by atoms with van der Waals surface area (Å²) in [6, 6.07) is 6.72. The fraction of sp³-hybridized carbons (Fsp3) is 0.571. The third-order valence-electron chi connectivity index (χ3n) is 3.85. The monoisotopic (exact) mass is 330 g/mol. The van der Waals surface area contributed by atoms with Gasteiger partial charge in [0, 0.05) is 21.6 Å². The summed E-state index contributed by atoms with van der Waals surface area (Å²) in [6.07, 6.45) is 5.00. The van der Waals surface area contributed by atoms with E-state index < -0.39 is 0 Å². The lowest BCUT2D eigenvalue weighted by atomic mass is 9.91. The smallest absolute Gasteiger partial charge is 0.0464 e. The Morgan fingerprint density at radius 2 is 2.22 bits per heavy atom. The number of nitrogens with zero attached hydrogens (tertiary/aromatic N) is 1. The van der Waals surface area contributed by atoms with E-state index in [-0.39, 0.29) is 6.04 Å². The predicted molar refractivity (Wildman–Crippen MR) is 81.0 cm³/mol. The number of nitrogens with two attached hydrogens (primary N) is 1. The number of halogens is 2. The first-order chi connectivity index (χ1) is 8.58. The van der Waals surface area contributed by atoms with Gasteiger partial charge in [-0.3, -0.25) is 0 Å². The molecule has 0 bridgehead atoms. The van der Waals surface area contributed by atoms with Gasteiger partial charge in [0.15, 0.2) is 0 Å². The van der Waals surface area contributed by atoms with Crippen LogP contribution in [0.25, 0.3) is 0 Å². The maximum atomic E-state index is 6.23. The van der Waals surface area contributed by atoms with E-state index >= 15 is 0 Å². The van der Waals surface area contributed by atoms with E-state index in [1.807, 2.05) is 18.2 Å². The Balaban J connectivity index is 1.88. The van der Waals surface area contributed by atoms with Crippen molar-refractivity contribution < 1.29 is 0 Å². The van der Waals surface area contributed by atoms with Gasteiger partial charge in [-0.25, -0.2) is 0 Å². The first kappa shape index (κ1) is 14.3. The van der Waals surface area contributed by atoms with Gasteiger partial charge in [-0.2, -0.15) is 0 Å². The van der Waals surface area contributed by atoms with Gasteiger partial charge in [0.05, 0.1) is 0 Å². The van der Waals surface area contributed by atoms with Gasteiger partial charge in [-0.15, -0.1) is 0 Å². The summed E-state index contributed by atoms with van der Waals surface area (Å²) >= 11 is 9.63. The number of hydrogen-bond donors (Lipinski definition) is 1. The molecule has 100 valence electrons. The molecule has 2 nitrogen and oxygen atoms in total. The van der Waals surface area contributed by atoms with E-state index in [4.69, 9.17) is 17.3 Å². The van der Waals surface area contributed by atoms with E-state index in [1.165, 1.54) is 19.3 Å². The van der Waals surface area contributed by atoms with Crippen LogP contribution in [0.2, 0.25) is 5.02 Å². The van der Waals surface area contributed by atoms with Crippen molar-refractivity contribution in [2.45, 2.75) is 37.8 Å². The Bertz CT molecular complexity index is 407. The summed E-state index contributed by atoms with van der Waals surface area (Å²) in [5.74, 6) is 0. The van der Waals surface area contributed by atoms with Crippen LogP contribution >= 0.6 is 27.5 Å². The molecule has 0 amide bonds. The quantitative estimate of drug-likeness (QED) is 0.884. The number of benzene rings is 1. The lowest BCUT2D eigenvalue weighted by molar-refractivity contribution is 0.155. The third kappa shape index (κ3) is 3.47. The van der Waals surface area contributed by atoms with Crippen LogP contribution in [-0.2, 0) is 0 Å². The zero-order chi connectivity index (χ0) is 13.1. The molecule has 2 N–H and O–H groups in total. The zero-order valence-electron chi connectivity index (χ0n) is 10.7. The highest BCUT2D eigenvalue weighted by Crippen LogP contribution is 2.28. The van der Waals surface area contributed by atoms with Crippen molar-refractivity contribution in [3.8, 4) is 0 Å². The second-order valence-corrected chi connectivity index (χ2v) is 6.45.